The van der Waals surface area contributed by atoms with Gasteiger partial charge in [0.1, 0.15) is 6.33 Å². The van der Waals surface area contributed by atoms with Gasteiger partial charge in [-0.3, -0.25) is 0 Å². The molecule has 0 fully saturated rings. The minimum atomic E-state index is 0. The Kier molecular flexibility index (Phi) is 0.828. The first-order chi connectivity index (χ1) is 4.47. The summed E-state index contributed by atoms with van der Waals surface area (Å²) in [6.07, 6.45) is 6.05. The highest BCUT2D eigenvalue weighted by Crippen LogP contribution is 2.17. The molecule has 0 radical (unpaired) electrons. The molecule has 0 amide bonds. The maximum Gasteiger partial charge on any atom is 1.00 e. The van der Waals surface area contributed by atoms with Crippen LogP contribution in [0.15, 0.2) is 17.5 Å². The lowest BCUT2D eigenvalue weighted by atomic mass is 10.3. The lowest BCUT2D eigenvalue weighted by molar-refractivity contribution is 1.12. The van der Waals surface area contributed by atoms with Crippen LogP contribution in [0.5, 0.6) is 0 Å². The van der Waals surface area contributed by atoms with Crippen molar-refractivity contribution >= 4 is 12.0 Å². The zero-order valence-corrected chi connectivity index (χ0v) is 4.78. The number of rotatable bonds is 0. The van der Waals surface area contributed by atoms with E-state index in [-0.39, 0.29) is 1.43 Å². The second-order valence-corrected chi connectivity index (χ2v) is 1.89. The van der Waals surface area contributed by atoms with Gasteiger partial charge in [0.05, 0.1) is 0 Å². The number of nitrogens with zero attached hydrogens (tertiary/aromatic N) is 3. The van der Waals surface area contributed by atoms with E-state index in [1.807, 2.05) is 6.21 Å². The molecule has 0 N–H and O–H groups in total. The standard InChI is InChI=1S/C6H5N3/c1-2-8-6-5(1)3-7-4-9-6/h2-4H,1H2/p+1. The predicted octanol–water partition coefficient (Wildman–Crippen LogP) is 0.847. The Morgan fingerprint density at radius 2 is 2.56 bits per heavy atom. The van der Waals surface area contributed by atoms with Crippen LogP contribution in [0.25, 0.3) is 0 Å². The zero-order valence-electron chi connectivity index (χ0n) is 5.78. The van der Waals surface area contributed by atoms with Gasteiger partial charge in [-0.2, -0.15) is 0 Å². The molecule has 1 aromatic heterocycles. The van der Waals surface area contributed by atoms with Gasteiger partial charge in [-0.15, -0.1) is 0 Å². The molecule has 1 aliphatic heterocycles. The molecular formula is C6H6N3+. The molecule has 0 atom stereocenters. The summed E-state index contributed by atoms with van der Waals surface area (Å²) in [7, 11) is 0. The summed E-state index contributed by atoms with van der Waals surface area (Å²) >= 11 is 0. The highest BCUT2D eigenvalue weighted by molar-refractivity contribution is 5.73. The van der Waals surface area contributed by atoms with Crippen LogP contribution < -0.4 is 0 Å². The average Bonchev–Trinajstić information content (AvgIpc) is 2.33. The van der Waals surface area contributed by atoms with Crippen LogP contribution in [0.3, 0.4) is 0 Å². The van der Waals surface area contributed by atoms with Gasteiger partial charge in [0.25, 0.3) is 0 Å². The van der Waals surface area contributed by atoms with Crippen LogP contribution in [0, 0.1) is 0 Å². The molecule has 0 aromatic carbocycles. The number of hydrogen-bond donors (Lipinski definition) is 0. The molecule has 1 aromatic rings. The number of fused-ring (bicyclic) bond motifs is 1. The second-order valence-electron chi connectivity index (χ2n) is 1.89. The molecule has 44 valence electrons. The first kappa shape index (κ1) is 4.61. The van der Waals surface area contributed by atoms with Crippen LogP contribution in [-0.2, 0) is 6.42 Å². The third kappa shape index (κ3) is 0.614. The first-order valence-electron chi connectivity index (χ1n) is 2.78. The fraction of sp³-hybridized carbons (Fsp3) is 0.167. The van der Waals surface area contributed by atoms with Crippen molar-refractivity contribution in [1.29, 1.82) is 0 Å². The van der Waals surface area contributed by atoms with Gasteiger partial charge in [0.2, 0.25) is 0 Å². The minimum absolute atomic E-state index is 0. The third-order valence-electron chi connectivity index (χ3n) is 1.29. The summed E-state index contributed by atoms with van der Waals surface area (Å²) in [6.45, 7) is 0. The van der Waals surface area contributed by atoms with Crippen molar-refractivity contribution in [3.05, 3.63) is 18.1 Å². The summed E-state index contributed by atoms with van der Waals surface area (Å²) in [5, 5.41) is 0. The molecule has 0 spiro atoms. The van der Waals surface area contributed by atoms with E-state index < -0.39 is 0 Å². The molecule has 9 heavy (non-hydrogen) atoms. The number of aromatic nitrogens is 2. The quantitative estimate of drug-likeness (QED) is 0.509. The average molecular weight is 120 g/mol. The maximum absolute atomic E-state index is 4.02. The van der Waals surface area contributed by atoms with Crippen molar-refractivity contribution in [2.45, 2.75) is 6.42 Å². The van der Waals surface area contributed by atoms with Crippen molar-refractivity contribution in [2.24, 2.45) is 4.99 Å². The molecule has 0 saturated carbocycles. The summed E-state index contributed by atoms with van der Waals surface area (Å²) < 4.78 is 0. The van der Waals surface area contributed by atoms with Crippen LogP contribution in [0.1, 0.15) is 6.99 Å². The SMILES string of the molecule is C1=Nc2ncncc2C1.[H+]. The van der Waals surface area contributed by atoms with E-state index in [1.165, 1.54) is 6.33 Å². The molecule has 2 heterocycles. The van der Waals surface area contributed by atoms with Crippen molar-refractivity contribution in [1.82, 2.24) is 9.97 Å². The molecule has 0 saturated heterocycles. The molecule has 0 bridgehead atoms. The van der Waals surface area contributed by atoms with Crippen LogP contribution in [0.4, 0.5) is 5.82 Å². The lowest BCUT2D eigenvalue weighted by Crippen LogP contribution is -1.82. The van der Waals surface area contributed by atoms with E-state index in [4.69, 9.17) is 0 Å². The highest BCUT2D eigenvalue weighted by atomic mass is 15.0. The van der Waals surface area contributed by atoms with Crippen molar-refractivity contribution in [2.75, 3.05) is 0 Å². The van der Waals surface area contributed by atoms with E-state index in [0.717, 1.165) is 17.8 Å². The highest BCUT2D eigenvalue weighted by Gasteiger charge is 2.04. The molecule has 2 rings (SSSR count). The summed E-state index contributed by atoms with van der Waals surface area (Å²) in [5.41, 5.74) is 1.12. The topological polar surface area (TPSA) is 38.1 Å². The second kappa shape index (κ2) is 1.62. The van der Waals surface area contributed by atoms with Crippen molar-refractivity contribution < 1.29 is 1.43 Å². The van der Waals surface area contributed by atoms with E-state index in [2.05, 4.69) is 15.0 Å². The summed E-state index contributed by atoms with van der Waals surface area (Å²) in [5.74, 6) is 0.824. The van der Waals surface area contributed by atoms with E-state index in [9.17, 15) is 0 Å². The predicted molar refractivity (Wildman–Crippen MR) is 35.0 cm³/mol. The Balaban J connectivity index is 0.000000500. The van der Waals surface area contributed by atoms with Gasteiger partial charge in [0, 0.05) is 24.4 Å². The number of hydrogen-bond acceptors (Lipinski definition) is 3. The van der Waals surface area contributed by atoms with E-state index in [0.29, 0.717) is 0 Å². The van der Waals surface area contributed by atoms with Gasteiger partial charge in [-0.1, -0.05) is 0 Å². The Bertz CT molecular complexity index is 259. The van der Waals surface area contributed by atoms with Gasteiger partial charge in [0.15, 0.2) is 5.82 Å². The largest absolute Gasteiger partial charge is 1.00 e. The Morgan fingerprint density at radius 1 is 1.56 bits per heavy atom. The summed E-state index contributed by atoms with van der Waals surface area (Å²) in [6, 6.07) is 0. The fourth-order valence-electron chi connectivity index (χ4n) is 0.843. The van der Waals surface area contributed by atoms with Crippen molar-refractivity contribution in [3.8, 4) is 0 Å². The minimum Gasteiger partial charge on any atom is -0.244 e. The lowest BCUT2D eigenvalue weighted by Gasteiger charge is -1.89. The smallest absolute Gasteiger partial charge is 0.244 e. The zero-order chi connectivity index (χ0) is 6.10. The molecular weight excluding hydrogens is 114 g/mol. The summed E-state index contributed by atoms with van der Waals surface area (Å²) in [4.78, 5) is 11.8. The van der Waals surface area contributed by atoms with Gasteiger partial charge in [-0.05, 0) is 0 Å². The van der Waals surface area contributed by atoms with Crippen LogP contribution in [0.2, 0.25) is 0 Å². The normalized spacial score (nSPS) is 13.8. The Hall–Kier alpha value is -1.25. The fourth-order valence-corrected chi connectivity index (χ4v) is 0.843. The maximum atomic E-state index is 4.02. The Labute approximate surface area is 54.0 Å². The van der Waals surface area contributed by atoms with Gasteiger partial charge < -0.3 is 0 Å². The Morgan fingerprint density at radius 3 is 3.44 bits per heavy atom. The third-order valence-corrected chi connectivity index (χ3v) is 1.29. The van der Waals surface area contributed by atoms with Crippen LogP contribution >= 0.6 is 0 Å². The monoisotopic (exact) mass is 120 g/mol. The van der Waals surface area contributed by atoms with E-state index >= 15 is 0 Å². The van der Waals surface area contributed by atoms with Crippen LogP contribution in [-0.4, -0.2) is 16.2 Å². The number of aliphatic imine (C=N–C) groups is 1. The van der Waals surface area contributed by atoms with Crippen molar-refractivity contribution in [3.63, 3.8) is 0 Å². The van der Waals surface area contributed by atoms with Gasteiger partial charge >= 0.3 is 1.43 Å². The molecule has 1 aliphatic rings. The first-order valence-corrected chi connectivity index (χ1v) is 2.78. The molecule has 0 unspecified atom stereocenters. The molecule has 3 nitrogen and oxygen atoms in total. The van der Waals surface area contributed by atoms with E-state index in [1.54, 1.807) is 6.20 Å². The van der Waals surface area contributed by atoms with Gasteiger partial charge in [-0.25, -0.2) is 15.0 Å². The molecule has 3 heteroatoms. The molecule has 0 aliphatic carbocycles.